The molecule has 0 aliphatic carbocycles. The highest BCUT2D eigenvalue weighted by Crippen LogP contribution is 2.27. The van der Waals surface area contributed by atoms with Crippen LogP contribution >= 0.6 is 43.5 Å². The second-order valence-corrected chi connectivity index (χ2v) is 3.87. The summed E-state index contributed by atoms with van der Waals surface area (Å²) in [7, 11) is 0. The van der Waals surface area contributed by atoms with Gasteiger partial charge in [-0.3, -0.25) is 4.79 Å². The Morgan fingerprint density at radius 3 is 2.45 bits per heavy atom. The molecule has 0 saturated carbocycles. The van der Waals surface area contributed by atoms with Crippen molar-refractivity contribution in [1.29, 1.82) is 0 Å². The number of hydrogen-bond donors (Lipinski definition) is 0. The van der Waals surface area contributed by atoms with Gasteiger partial charge in [-0.1, -0.05) is 6.07 Å². The van der Waals surface area contributed by atoms with Crippen LogP contribution in [0.15, 0.2) is 27.1 Å². The van der Waals surface area contributed by atoms with Crippen LogP contribution in [0.1, 0.15) is 10.4 Å². The molecule has 1 aromatic carbocycles. The molecule has 0 radical (unpaired) electrons. The van der Waals surface area contributed by atoms with E-state index in [1.165, 1.54) is 0 Å². The summed E-state index contributed by atoms with van der Waals surface area (Å²) in [5, 5.41) is -0.460. The molecule has 1 aromatic rings. The highest BCUT2D eigenvalue weighted by Gasteiger charge is 2.08. The van der Waals surface area contributed by atoms with Crippen molar-refractivity contribution in [2.75, 3.05) is 0 Å². The van der Waals surface area contributed by atoms with Gasteiger partial charge >= 0.3 is 0 Å². The molecule has 0 aliphatic heterocycles. The van der Waals surface area contributed by atoms with Crippen LogP contribution in [0.25, 0.3) is 0 Å². The topological polar surface area (TPSA) is 17.1 Å². The summed E-state index contributed by atoms with van der Waals surface area (Å²) in [5.74, 6) is 0. The van der Waals surface area contributed by atoms with Crippen LogP contribution in [0.3, 0.4) is 0 Å². The number of carbonyl (C=O) groups excluding carboxylic acids is 1. The van der Waals surface area contributed by atoms with E-state index in [9.17, 15) is 4.79 Å². The first-order valence-corrected chi connectivity index (χ1v) is 4.73. The Labute approximate surface area is 86.0 Å². The second-order valence-electron chi connectivity index (χ2n) is 1.88. The summed E-state index contributed by atoms with van der Waals surface area (Å²) in [6, 6.07) is 5.24. The van der Waals surface area contributed by atoms with Gasteiger partial charge in [0.05, 0.1) is 0 Å². The van der Waals surface area contributed by atoms with E-state index < -0.39 is 5.24 Å². The van der Waals surface area contributed by atoms with Crippen LogP contribution in [-0.4, -0.2) is 5.24 Å². The fourth-order valence-electron chi connectivity index (χ4n) is 0.656. The molecular weight excluding hydrogens is 295 g/mol. The monoisotopic (exact) mass is 296 g/mol. The zero-order valence-corrected chi connectivity index (χ0v) is 9.20. The Kier molecular flexibility index (Phi) is 3.10. The molecule has 4 heteroatoms. The molecule has 0 atom stereocenters. The van der Waals surface area contributed by atoms with E-state index in [0.29, 0.717) is 10.0 Å². The minimum absolute atomic E-state index is 0.460. The maximum atomic E-state index is 10.7. The molecule has 0 aromatic heterocycles. The van der Waals surface area contributed by atoms with Crippen LogP contribution in [-0.2, 0) is 0 Å². The van der Waals surface area contributed by atoms with Gasteiger partial charge in [0.1, 0.15) is 0 Å². The first-order valence-electron chi connectivity index (χ1n) is 2.77. The third-order valence-electron chi connectivity index (χ3n) is 1.16. The number of carbonyl (C=O) groups is 1. The quantitative estimate of drug-likeness (QED) is 0.724. The smallest absolute Gasteiger partial charge is 0.253 e. The van der Waals surface area contributed by atoms with Crippen LogP contribution in [0, 0.1) is 0 Å². The molecule has 0 unspecified atom stereocenters. The fraction of sp³-hybridized carbons (Fsp3) is 0. The minimum atomic E-state index is -0.460. The summed E-state index contributed by atoms with van der Waals surface area (Å²) < 4.78 is 1.52. The molecule has 11 heavy (non-hydrogen) atoms. The molecule has 0 saturated heterocycles. The zero-order chi connectivity index (χ0) is 8.43. The number of benzene rings is 1. The SMILES string of the molecule is O=C(Cl)c1cccc(Br)c1Br. The Hall–Kier alpha value is 0.140. The Morgan fingerprint density at radius 1 is 1.36 bits per heavy atom. The van der Waals surface area contributed by atoms with Crippen molar-refractivity contribution in [3.63, 3.8) is 0 Å². The highest BCUT2D eigenvalue weighted by molar-refractivity contribution is 9.13. The van der Waals surface area contributed by atoms with Crippen molar-refractivity contribution in [2.45, 2.75) is 0 Å². The van der Waals surface area contributed by atoms with Gasteiger partial charge in [-0.25, -0.2) is 0 Å². The average molecular weight is 298 g/mol. The van der Waals surface area contributed by atoms with Crippen molar-refractivity contribution in [1.82, 2.24) is 0 Å². The summed E-state index contributed by atoms with van der Waals surface area (Å²) in [5.41, 5.74) is 0.473. The third kappa shape index (κ3) is 2.04. The molecule has 0 bridgehead atoms. The van der Waals surface area contributed by atoms with Crippen molar-refractivity contribution in [2.24, 2.45) is 0 Å². The molecule has 0 heterocycles. The molecule has 1 rings (SSSR count). The number of halogens is 3. The van der Waals surface area contributed by atoms with E-state index in [4.69, 9.17) is 11.6 Å². The van der Waals surface area contributed by atoms with E-state index in [2.05, 4.69) is 31.9 Å². The largest absolute Gasteiger partial charge is 0.276 e. The highest BCUT2D eigenvalue weighted by atomic mass is 79.9. The van der Waals surface area contributed by atoms with Crippen LogP contribution < -0.4 is 0 Å². The van der Waals surface area contributed by atoms with Gasteiger partial charge in [0.25, 0.3) is 5.24 Å². The fourth-order valence-corrected chi connectivity index (χ4v) is 1.74. The molecular formula is C7H3Br2ClO. The van der Waals surface area contributed by atoms with E-state index in [1.54, 1.807) is 12.1 Å². The lowest BCUT2D eigenvalue weighted by atomic mass is 10.2. The van der Waals surface area contributed by atoms with Gasteiger partial charge in [0, 0.05) is 14.5 Å². The standard InChI is InChI=1S/C7H3Br2ClO/c8-5-3-1-2-4(6(5)9)7(10)11/h1-3H. The first-order chi connectivity index (χ1) is 5.13. The summed E-state index contributed by atoms with van der Waals surface area (Å²) in [4.78, 5) is 10.7. The van der Waals surface area contributed by atoms with E-state index in [1.807, 2.05) is 6.07 Å². The maximum absolute atomic E-state index is 10.7. The van der Waals surface area contributed by atoms with E-state index in [0.717, 1.165) is 4.47 Å². The summed E-state index contributed by atoms with van der Waals surface area (Å²) in [6.45, 7) is 0. The molecule has 0 fully saturated rings. The number of rotatable bonds is 1. The summed E-state index contributed by atoms with van der Waals surface area (Å²) >= 11 is 11.8. The van der Waals surface area contributed by atoms with Gasteiger partial charge in [0.2, 0.25) is 0 Å². The van der Waals surface area contributed by atoms with E-state index >= 15 is 0 Å². The normalized spacial score (nSPS) is 9.73. The van der Waals surface area contributed by atoms with Crippen molar-refractivity contribution in [3.8, 4) is 0 Å². The van der Waals surface area contributed by atoms with Gasteiger partial charge < -0.3 is 0 Å². The van der Waals surface area contributed by atoms with Crippen LogP contribution in [0.5, 0.6) is 0 Å². The van der Waals surface area contributed by atoms with Crippen LogP contribution in [0.2, 0.25) is 0 Å². The van der Waals surface area contributed by atoms with Gasteiger partial charge in [-0.05, 0) is 55.6 Å². The Balaban J connectivity index is 3.27. The lowest BCUT2D eigenvalue weighted by Gasteiger charge is -1.99. The van der Waals surface area contributed by atoms with Gasteiger partial charge in [-0.2, -0.15) is 0 Å². The Morgan fingerprint density at radius 2 is 2.00 bits per heavy atom. The maximum Gasteiger partial charge on any atom is 0.253 e. The van der Waals surface area contributed by atoms with Crippen molar-refractivity contribution < 1.29 is 4.79 Å². The predicted octanol–water partition coefficient (Wildman–Crippen LogP) is 3.59. The minimum Gasteiger partial charge on any atom is -0.276 e. The predicted molar refractivity (Wildman–Crippen MR) is 52.0 cm³/mol. The van der Waals surface area contributed by atoms with Gasteiger partial charge in [0.15, 0.2) is 0 Å². The Bertz CT molecular complexity index is 298. The molecule has 0 spiro atoms. The average Bonchev–Trinajstić information content (AvgIpc) is 1.94. The molecule has 0 amide bonds. The van der Waals surface area contributed by atoms with Crippen molar-refractivity contribution >= 4 is 48.7 Å². The number of hydrogen-bond acceptors (Lipinski definition) is 1. The first kappa shape index (κ1) is 9.23. The molecule has 0 N–H and O–H groups in total. The third-order valence-corrected chi connectivity index (χ3v) is 3.41. The molecule has 0 aliphatic rings. The van der Waals surface area contributed by atoms with Crippen LogP contribution in [0.4, 0.5) is 0 Å². The summed E-state index contributed by atoms with van der Waals surface area (Å²) in [6.07, 6.45) is 0. The second kappa shape index (κ2) is 3.70. The van der Waals surface area contributed by atoms with E-state index in [-0.39, 0.29) is 0 Å². The zero-order valence-electron chi connectivity index (χ0n) is 5.27. The lowest BCUT2D eigenvalue weighted by Crippen LogP contribution is -1.89. The molecule has 58 valence electrons. The lowest BCUT2D eigenvalue weighted by molar-refractivity contribution is 0.108. The van der Waals surface area contributed by atoms with Gasteiger partial charge in [-0.15, -0.1) is 0 Å². The van der Waals surface area contributed by atoms with Crippen molar-refractivity contribution in [3.05, 3.63) is 32.7 Å². The molecule has 1 nitrogen and oxygen atoms in total.